The van der Waals surface area contributed by atoms with E-state index in [4.69, 9.17) is 0 Å². The van der Waals surface area contributed by atoms with Crippen molar-refractivity contribution in [1.82, 2.24) is 15.1 Å². The average molecular weight is 293 g/mol. The minimum atomic E-state index is -2.57. The van der Waals surface area contributed by atoms with Gasteiger partial charge in [-0.3, -0.25) is 0 Å². The summed E-state index contributed by atoms with van der Waals surface area (Å²) in [4.78, 5) is 0. The first-order valence-electron chi connectivity index (χ1n) is 6.95. The van der Waals surface area contributed by atoms with Crippen LogP contribution in [0.25, 0.3) is 5.69 Å². The van der Waals surface area contributed by atoms with Crippen LogP contribution >= 0.6 is 0 Å². The third-order valence-electron chi connectivity index (χ3n) is 3.15. The van der Waals surface area contributed by atoms with E-state index < -0.39 is 6.43 Å². The molecule has 0 spiro atoms. The van der Waals surface area contributed by atoms with Gasteiger partial charge in [-0.25, -0.2) is 13.5 Å². The van der Waals surface area contributed by atoms with Crippen molar-refractivity contribution in [2.24, 2.45) is 0 Å². The molecule has 0 bridgehead atoms. The van der Waals surface area contributed by atoms with Crippen molar-refractivity contribution < 1.29 is 8.78 Å². The Morgan fingerprint density at radius 2 is 2.00 bits per heavy atom. The Morgan fingerprint density at radius 3 is 2.57 bits per heavy atom. The van der Waals surface area contributed by atoms with Crippen LogP contribution in [0.4, 0.5) is 8.78 Å². The molecule has 3 nitrogen and oxygen atoms in total. The lowest BCUT2D eigenvalue weighted by Crippen LogP contribution is -2.35. The normalized spacial score (nSPS) is 12.1. The van der Waals surface area contributed by atoms with Gasteiger partial charge < -0.3 is 5.32 Å². The highest BCUT2D eigenvalue weighted by Crippen LogP contribution is 2.26. The van der Waals surface area contributed by atoms with E-state index >= 15 is 0 Å². The average Bonchev–Trinajstić information content (AvgIpc) is 2.79. The summed E-state index contributed by atoms with van der Waals surface area (Å²) in [6.07, 6.45) is -1.05. The molecule has 0 amide bonds. The molecule has 0 fully saturated rings. The first-order valence-corrected chi connectivity index (χ1v) is 6.95. The third kappa shape index (κ3) is 3.88. The first-order chi connectivity index (χ1) is 9.78. The molecule has 0 unspecified atom stereocenters. The molecule has 0 aliphatic rings. The fraction of sp³-hybridized carbons (Fsp3) is 0.438. The standard InChI is InChI=1S/C16H21F2N3/c1-11-6-5-7-13(8-11)21-14(15(17)18)12(10-20-21)9-19-16(2,3)4/h5-8,10,15,19H,9H2,1-4H3. The van der Waals surface area contributed by atoms with Crippen molar-refractivity contribution in [2.75, 3.05) is 0 Å². The third-order valence-corrected chi connectivity index (χ3v) is 3.15. The maximum absolute atomic E-state index is 13.4. The summed E-state index contributed by atoms with van der Waals surface area (Å²) >= 11 is 0. The minimum Gasteiger partial charge on any atom is -0.308 e. The quantitative estimate of drug-likeness (QED) is 0.923. The van der Waals surface area contributed by atoms with Gasteiger partial charge >= 0.3 is 0 Å². The Balaban J connectivity index is 2.37. The van der Waals surface area contributed by atoms with Crippen LogP contribution in [0.2, 0.25) is 0 Å². The van der Waals surface area contributed by atoms with Gasteiger partial charge in [-0.1, -0.05) is 12.1 Å². The van der Waals surface area contributed by atoms with Crippen LogP contribution in [-0.4, -0.2) is 15.3 Å². The monoisotopic (exact) mass is 293 g/mol. The highest BCUT2D eigenvalue weighted by molar-refractivity contribution is 5.38. The number of hydrogen-bond donors (Lipinski definition) is 1. The van der Waals surface area contributed by atoms with Crippen LogP contribution in [0.15, 0.2) is 30.5 Å². The Hall–Kier alpha value is -1.75. The minimum absolute atomic E-state index is 0.0441. The van der Waals surface area contributed by atoms with Gasteiger partial charge in [0.2, 0.25) is 0 Å². The fourth-order valence-electron chi connectivity index (χ4n) is 2.09. The number of rotatable bonds is 4. The summed E-state index contributed by atoms with van der Waals surface area (Å²) in [6, 6.07) is 7.40. The van der Waals surface area contributed by atoms with Crippen LogP contribution in [0, 0.1) is 6.92 Å². The molecule has 21 heavy (non-hydrogen) atoms. The summed E-state index contributed by atoms with van der Waals surface area (Å²) in [5.41, 5.74) is 2.02. The molecule has 0 aliphatic carbocycles. The highest BCUT2D eigenvalue weighted by Gasteiger charge is 2.22. The maximum Gasteiger partial charge on any atom is 0.280 e. The summed E-state index contributed by atoms with van der Waals surface area (Å²) < 4.78 is 28.2. The van der Waals surface area contributed by atoms with Crippen molar-refractivity contribution >= 4 is 0 Å². The van der Waals surface area contributed by atoms with E-state index in [0.29, 0.717) is 17.8 Å². The second-order valence-electron chi connectivity index (χ2n) is 6.21. The van der Waals surface area contributed by atoms with Gasteiger partial charge in [0.1, 0.15) is 5.69 Å². The van der Waals surface area contributed by atoms with Crippen LogP contribution < -0.4 is 5.32 Å². The lowest BCUT2D eigenvalue weighted by atomic mass is 10.1. The summed E-state index contributed by atoms with van der Waals surface area (Å²) in [5.74, 6) is 0. The number of halogens is 2. The van der Waals surface area contributed by atoms with E-state index in [-0.39, 0.29) is 11.2 Å². The molecule has 114 valence electrons. The van der Waals surface area contributed by atoms with Crippen LogP contribution in [0.3, 0.4) is 0 Å². The van der Waals surface area contributed by atoms with Crippen molar-refractivity contribution in [3.8, 4) is 5.69 Å². The number of alkyl halides is 2. The van der Waals surface area contributed by atoms with Gasteiger partial charge in [-0.15, -0.1) is 0 Å². The Labute approximate surface area is 124 Å². The molecule has 1 N–H and O–H groups in total. The topological polar surface area (TPSA) is 29.9 Å². The zero-order valence-electron chi connectivity index (χ0n) is 12.8. The first kappa shape index (κ1) is 15.6. The predicted molar refractivity (Wildman–Crippen MR) is 79.9 cm³/mol. The van der Waals surface area contributed by atoms with Gasteiger partial charge in [-0.05, 0) is 45.4 Å². The van der Waals surface area contributed by atoms with Gasteiger partial charge in [0.15, 0.2) is 0 Å². The lowest BCUT2D eigenvalue weighted by molar-refractivity contribution is 0.141. The van der Waals surface area contributed by atoms with Gasteiger partial charge in [0, 0.05) is 17.6 Å². The Kier molecular flexibility index (Phi) is 4.42. The number of hydrogen-bond acceptors (Lipinski definition) is 2. The number of aryl methyl sites for hydroxylation is 1. The number of aromatic nitrogens is 2. The van der Waals surface area contributed by atoms with Crippen molar-refractivity contribution in [2.45, 2.75) is 46.2 Å². The van der Waals surface area contributed by atoms with Gasteiger partial charge in [-0.2, -0.15) is 5.10 Å². The van der Waals surface area contributed by atoms with Gasteiger partial charge in [0.25, 0.3) is 6.43 Å². The van der Waals surface area contributed by atoms with Crippen LogP contribution in [0.5, 0.6) is 0 Å². The van der Waals surface area contributed by atoms with E-state index in [1.807, 2.05) is 45.9 Å². The van der Waals surface area contributed by atoms with Crippen molar-refractivity contribution in [1.29, 1.82) is 0 Å². The van der Waals surface area contributed by atoms with Crippen molar-refractivity contribution in [3.63, 3.8) is 0 Å². The molecule has 0 saturated heterocycles. The molecule has 0 aliphatic heterocycles. The van der Waals surface area contributed by atoms with E-state index in [1.165, 1.54) is 10.9 Å². The molecule has 0 saturated carbocycles. The lowest BCUT2D eigenvalue weighted by Gasteiger charge is -2.20. The van der Waals surface area contributed by atoms with E-state index in [9.17, 15) is 8.78 Å². The fourth-order valence-corrected chi connectivity index (χ4v) is 2.09. The molecule has 0 radical (unpaired) electrons. The number of benzene rings is 1. The molecule has 0 atom stereocenters. The largest absolute Gasteiger partial charge is 0.308 e. The smallest absolute Gasteiger partial charge is 0.280 e. The Morgan fingerprint density at radius 1 is 1.29 bits per heavy atom. The molecular weight excluding hydrogens is 272 g/mol. The second kappa shape index (κ2) is 5.93. The van der Waals surface area contributed by atoms with Crippen LogP contribution in [-0.2, 0) is 6.54 Å². The Bertz CT molecular complexity index is 612. The van der Waals surface area contributed by atoms with E-state index in [2.05, 4.69) is 10.4 Å². The molecule has 1 aromatic carbocycles. The molecule has 1 aromatic heterocycles. The molecule has 5 heteroatoms. The van der Waals surface area contributed by atoms with Crippen molar-refractivity contribution in [3.05, 3.63) is 47.3 Å². The molecule has 1 heterocycles. The predicted octanol–water partition coefficient (Wildman–Crippen LogP) is 4.01. The summed E-state index contributed by atoms with van der Waals surface area (Å²) in [6.45, 7) is 8.30. The zero-order valence-corrected chi connectivity index (χ0v) is 12.8. The maximum atomic E-state index is 13.4. The number of nitrogens with one attached hydrogen (secondary N) is 1. The highest BCUT2D eigenvalue weighted by atomic mass is 19.3. The van der Waals surface area contributed by atoms with E-state index in [0.717, 1.165) is 5.56 Å². The SMILES string of the molecule is Cc1cccc(-n2ncc(CNC(C)(C)C)c2C(F)F)c1. The summed E-state index contributed by atoms with van der Waals surface area (Å²) in [5, 5.41) is 7.37. The number of nitrogens with zero attached hydrogens (tertiary/aromatic N) is 2. The summed E-state index contributed by atoms with van der Waals surface area (Å²) in [7, 11) is 0. The van der Waals surface area contributed by atoms with E-state index in [1.54, 1.807) is 6.07 Å². The molecule has 2 aromatic rings. The second-order valence-corrected chi connectivity index (χ2v) is 6.21. The molecular formula is C16H21F2N3. The van der Waals surface area contributed by atoms with Gasteiger partial charge in [0.05, 0.1) is 11.9 Å². The molecule has 2 rings (SSSR count). The van der Waals surface area contributed by atoms with Crippen LogP contribution in [0.1, 0.15) is 44.0 Å². The zero-order chi connectivity index (χ0) is 15.6.